The molecule has 1 unspecified atom stereocenters. The Morgan fingerprint density at radius 3 is 2.69 bits per heavy atom. The predicted octanol–water partition coefficient (Wildman–Crippen LogP) is 3.56. The van der Waals surface area contributed by atoms with Crippen LogP contribution in [0.15, 0.2) is 54.9 Å². The zero-order chi connectivity index (χ0) is 22.5. The van der Waals surface area contributed by atoms with Crippen molar-refractivity contribution in [3.8, 4) is 5.82 Å². The monoisotopic (exact) mass is 432 g/mol. The number of piperidine rings is 1. The quantitative estimate of drug-likeness (QED) is 0.645. The molecule has 166 valence electrons. The Morgan fingerprint density at radius 2 is 1.94 bits per heavy atom. The van der Waals surface area contributed by atoms with Gasteiger partial charge in [0.1, 0.15) is 0 Å². The van der Waals surface area contributed by atoms with E-state index in [0.717, 1.165) is 29.8 Å². The number of nitrogens with zero attached hydrogens (tertiary/aromatic N) is 4. The third kappa shape index (κ3) is 4.96. The van der Waals surface area contributed by atoms with E-state index in [9.17, 15) is 9.59 Å². The molecule has 0 saturated carbocycles. The summed E-state index contributed by atoms with van der Waals surface area (Å²) in [7, 11) is 0. The van der Waals surface area contributed by atoms with Crippen LogP contribution >= 0.6 is 0 Å². The first-order valence-electron chi connectivity index (χ1n) is 10.9. The molecule has 32 heavy (non-hydrogen) atoms. The third-order valence-corrected chi connectivity index (χ3v) is 5.77. The number of urea groups is 1. The lowest BCUT2D eigenvalue weighted by atomic mass is 9.97. The molecule has 1 aliphatic heterocycles. The van der Waals surface area contributed by atoms with Gasteiger partial charge in [-0.2, -0.15) is 5.10 Å². The topological polar surface area (TPSA) is 92.2 Å². The van der Waals surface area contributed by atoms with Crippen LogP contribution in [0.3, 0.4) is 0 Å². The fraction of sp³-hybridized carbons (Fsp3) is 0.333. The van der Waals surface area contributed by atoms with Crippen LogP contribution < -0.4 is 10.6 Å². The maximum Gasteiger partial charge on any atom is 0.319 e. The Morgan fingerprint density at radius 1 is 1.12 bits per heavy atom. The molecule has 0 bridgehead atoms. The van der Waals surface area contributed by atoms with Crippen LogP contribution in [0.2, 0.25) is 0 Å². The number of rotatable bonds is 5. The van der Waals surface area contributed by atoms with Crippen molar-refractivity contribution < 1.29 is 9.59 Å². The maximum atomic E-state index is 13.2. The molecule has 3 amide bonds. The van der Waals surface area contributed by atoms with Gasteiger partial charge in [0.25, 0.3) is 5.91 Å². The van der Waals surface area contributed by atoms with Crippen molar-refractivity contribution >= 4 is 17.6 Å². The van der Waals surface area contributed by atoms with E-state index in [4.69, 9.17) is 0 Å². The standard InChI is InChI=1S/C24H28N6O2/c1-17-8-10-20(11-9-17)28-24(32)26-14-19-6-5-13-29(16-19)23(31)21-15-27-30(18(21)2)22-7-3-4-12-25-22/h3-4,7-12,15,19H,5-6,13-14,16H2,1-2H3,(H2,26,28,32). The Kier molecular flexibility index (Phi) is 6.49. The van der Waals surface area contributed by atoms with Crippen LogP contribution in [-0.2, 0) is 0 Å². The van der Waals surface area contributed by atoms with E-state index in [2.05, 4.69) is 20.7 Å². The predicted molar refractivity (Wildman–Crippen MR) is 123 cm³/mol. The van der Waals surface area contributed by atoms with E-state index in [-0.39, 0.29) is 17.9 Å². The van der Waals surface area contributed by atoms with Crippen LogP contribution in [0.25, 0.3) is 5.82 Å². The lowest BCUT2D eigenvalue weighted by Crippen LogP contribution is -2.44. The van der Waals surface area contributed by atoms with Gasteiger partial charge in [-0.3, -0.25) is 4.79 Å². The van der Waals surface area contributed by atoms with Gasteiger partial charge in [-0.05, 0) is 56.9 Å². The van der Waals surface area contributed by atoms with Gasteiger partial charge in [0.15, 0.2) is 5.82 Å². The Hall–Kier alpha value is -3.68. The SMILES string of the molecule is Cc1ccc(NC(=O)NCC2CCCN(C(=O)c3cnn(-c4ccccn4)c3C)C2)cc1. The average molecular weight is 433 g/mol. The van der Waals surface area contributed by atoms with Gasteiger partial charge in [-0.25, -0.2) is 14.5 Å². The highest BCUT2D eigenvalue weighted by Gasteiger charge is 2.27. The number of carbonyl (C=O) groups is 2. The molecule has 2 aromatic heterocycles. The minimum Gasteiger partial charge on any atom is -0.338 e. The molecule has 3 aromatic rings. The molecule has 4 rings (SSSR count). The molecule has 0 radical (unpaired) electrons. The number of benzene rings is 1. The number of aromatic nitrogens is 3. The van der Waals surface area contributed by atoms with Crippen molar-refractivity contribution in [2.45, 2.75) is 26.7 Å². The van der Waals surface area contributed by atoms with Crippen molar-refractivity contribution in [3.63, 3.8) is 0 Å². The number of pyridine rings is 1. The van der Waals surface area contributed by atoms with Crippen LogP contribution in [0.4, 0.5) is 10.5 Å². The molecule has 1 atom stereocenters. The second-order valence-corrected chi connectivity index (χ2v) is 8.20. The molecule has 2 N–H and O–H groups in total. The zero-order valence-electron chi connectivity index (χ0n) is 18.4. The first kappa shape index (κ1) is 21.5. The minimum absolute atomic E-state index is 0.0292. The maximum absolute atomic E-state index is 13.2. The highest BCUT2D eigenvalue weighted by molar-refractivity contribution is 5.95. The van der Waals surface area contributed by atoms with Crippen LogP contribution in [0, 0.1) is 19.8 Å². The summed E-state index contributed by atoms with van der Waals surface area (Å²) in [4.78, 5) is 31.6. The summed E-state index contributed by atoms with van der Waals surface area (Å²) in [5.74, 6) is 0.866. The van der Waals surface area contributed by atoms with Crippen molar-refractivity contribution in [3.05, 3.63) is 71.7 Å². The van der Waals surface area contributed by atoms with E-state index in [1.54, 1.807) is 17.1 Å². The summed E-state index contributed by atoms with van der Waals surface area (Å²) in [6.07, 6.45) is 5.20. The molecule has 8 heteroatoms. The molecular formula is C24H28N6O2. The third-order valence-electron chi connectivity index (χ3n) is 5.77. The number of carbonyl (C=O) groups excluding carboxylic acids is 2. The van der Waals surface area contributed by atoms with Gasteiger partial charge < -0.3 is 15.5 Å². The summed E-state index contributed by atoms with van der Waals surface area (Å²) in [5, 5.41) is 10.2. The molecule has 8 nitrogen and oxygen atoms in total. The number of anilines is 1. The van der Waals surface area contributed by atoms with E-state index in [1.165, 1.54) is 0 Å². The second kappa shape index (κ2) is 9.64. The highest BCUT2D eigenvalue weighted by atomic mass is 16.2. The zero-order valence-corrected chi connectivity index (χ0v) is 18.4. The van der Waals surface area contributed by atoms with Gasteiger partial charge in [-0.15, -0.1) is 0 Å². The molecular weight excluding hydrogens is 404 g/mol. The van der Waals surface area contributed by atoms with Crippen LogP contribution in [-0.4, -0.2) is 51.2 Å². The fourth-order valence-corrected chi connectivity index (χ4v) is 3.97. The van der Waals surface area contributed by atoms with E-state index < -0.39 is 0 Å². The molecule has 0 aliphatic carbocycles. The number of hydrogen-bond acceptors (Lipinski definition) is 4. The van der Waals surface area contributed by atoms with Crippen molar-refractivity contribution in [2.24, 2.45) is 5.92 Å². The second-order valence-electron chi connectivity index (χ2n) is 8.20. The Labute approximate surface area is 187 Å². The van der Waals surface area contributed by atoms with Crippen molar-refractivity contribution in [1.29, 1.82) is 0 Å². The molecule has 1 aliphatic rings. The van der Waals surface area contributed by atoms with Crippen LogP contribution in [0.1, 0.15) is 34.5 Å². The van der Waals surface area contributed by atoms with Crippen molar-refractivity contribution in [1.82, 2.24) is 25.0 Å². The molecule has 3 heterocycles. The summed E-state index contributed by atoms with van der Waals surface area (Å²) in [6, 6.07) is 13.0. The Bertz CT molecular complexity index is 1080. The van der Waals surface area contributed by atoms with Crippen LogP contribution in [0.5, 0.6) is 0 Å². The van der Waals surface area contributed by atoms with E-state index in [0.29, 0.717) is 31.0 Å². The first-order valence-corrected chi connectivity index (χ1v) is 10.9. The molecule has 1 fully saturated rings. The number of amides is 3. The largest absolute Gasteiger partial charge is 0.338 e. The normalized spacial score (nSPS) is 15.9. The van der Waals surface area contributed by atoms with E-state index >= 15 is 0 Å². The first-order chi connectivity index (χ1) is 15.5. The molecule has 1 saturated heterocycles. The lowest BCUT2D eigenvalue weighted by Gasteiger charge is -2.32. The summed E-state index contributed by atoms with van der Waals surface area (Å²) < 4.78 is 1.69. The lowest BCUT2D eigenvalue weighted by molar-refractivity contribution is 0.0674. The summed E-state index contributed by atoms with van der Waals surface area (Å²) in [6.45, 7) is 5.73. The average Bonchev–Trinajstić information content (AvgIpc) is 3.20. The minimum atomic E-state index is -0.232. The smallest absolute Gasteiger partial charge is 0.319 e. The van der Waals surface area contributed by atoms with E-state index in [1.807, 2.05) is 61.2 Å². The number of likely N-dealkylation sites (tertiary alicyclic amines) is 1. The van der Waals surface area contributed by atoms with Gasteiger partial charge in [0.2, 0.25) is 0 Å². The van der Waals surface area contributed by atoms with Gasteiger partial charge in [0, 0.05) is 31.5 Å². The Balaban J connectivity index is 1.33. The molecule has 0 spiro atoms. The highest BCUT2D eigenvalue weighted by Crippen LogP contribution is 2.20. The summed E-state index contributed by atoms with van der Waals surface area (Å²) in [5.41, 5.74) is 3.26. The number of nitrogens with one attached hydrogen (secondary N) is 2. The molecule has 1 aromatic carbocycles. The van der Waals surface area contributed by atoms with Gasteiger partial charge in [-0.1, -0.05) is 23.8 Å². The number of aryl methyl sites for hydroxylation is 1. The van der Waals surface area contributed by atoms with Gasteiger partial charge >= 0.3 is 6.03 Å². The fourth-order valence-electron chi connectivity index (χ4n) is 3.97. The van der Waals surface area contributed by atoms with Crippen molar-refractivity contribution in [2.75, 3.05) is 25.0 Å². The van der Waals surface area contributed by atoms with Gasteiger partial charge in [0.05, 0.1) is 17.5 Å². The number of hydrogen-bond donors (Lipinski definition) is 2. The summed E-state index contributed by atoms with van der Waals surface area (Å²) >= 11 is 0.